The molecule has 1 aromatic carbocycles. The summed E-state index contributed by atoms with van der Waals surface area (Å²) in [5, 5.41) is 0. The fraction of sp³-hybridized carbons (Fsp3) is 0.600. The van der Waals surface area contributed by atoms with Gasteiger partial charge < -0.3 is 16.2 Å². The molecule has 0 saturated heterocycles. The maximum absolute atomic E-state index is 5.78. The monoisotopic (exact) mass is 250 g/mol. The molecule has 0 aromatic heterocycles. The molecule has 0 aliphatic carbocycles. The molecular formula is C15H26N2O. The van der Waals surface area contributed by atoms with Crippen molar-refractivity contribution >= 4 is 0 Å². The highest BCUT2D eigenvalue weighted by molar-refractivity contribution is 5.43. The van der Waals surface area contributed by atoms with E-state index in [1.54, 1.807) is 0 Å². The van der Waals surface area contributed by atoms with Gasteiger partial charge >= 0.3 is 0 Å². The Kier molecular flexibility index (Phi) is 5.63. The molecular weight excluding hydrogens is 224 g/mol. The molecule has 0 saturated carbocycles. The molecule has 0 heterocycles. The van der Waals surface area contributed by atoms with Crippen LogP contribution in [0.2, 0.25) is 0 Å². The molecule has 1 rings (SSSR count). The second-order valence-electron chi connectivity index (χ2n) is 4.93. The van der Waals surface area contributed by atoms with E-state index in [0.717, 1.165) is 5.75 Å². The zero-order chi connectivity index (χ0) is 13.7. The number of hydrogen-bond acceptors (Lipinski definition) is 3. The van der Waals surface area contributed by atoms with Crippen molar-refractivity contribution in [2.24, 2.45) is 17.4 Å². The van der Waals surface area contributed by atoms with Crippen molar-refractivity contribution in [2.75, 3.05) is 19.7 Å². The number of aryl methyl sites for hydroxylation is 2. The van der Waals surface area contributed by atoms with E-state index in [4.69, 9.17) is 16.2 Å². The van der Waals surface area contributed by atoms with Crippen LogP contribution in [0.25, 0.3) is 0 Å². The minimum Gasteiger partial charge on any atom is -0.494 e. The molecule has 3 heteroatoms. The van der Waals surface area contributed by atoms with Crippen molar-refractivity contribution < 1.29 is 4.74 Å². The van der Waals surface area contributed by atoms with Gasteiger partial charge in [-0.05, 0) is 68.5 Å². The lowest BCUT2D eigenvalue weighted by molar-refractivity contribution is 0.337. The Morgan fingerprint density at radius 3 is 2.22 bits per heavy atom. The van der Waals surface area contributed by atoms with Gasteiger partial charge in [0, 0.05) is 0 Å². The molecule has 0 aliphatic rings. The van der Waals surface area contributed by atoms with Crippen LogP contribution in [0, 0.1) is 19.8 Å². The van der Waals surface area contributed by atoms with E-state index in [0.29, 0.717) is 31.5 Å². The third-order valence-corrected chi connectivity index (χ3v) is 3.67. The Bertz CT molecular complexity index is 386. The topological polar surface area (TPSA) is 61.3 Å². The quantitative estimate of drug-likeness (QED) is 0.814. The van der Waals surface area contributed by atoms with E-state index in [-0.39, 0.29) is 0 Å². The lowest BCUT2D eigenvalue weighted by Gasteiger charge is -2.24. The highest BCUT2D eigenvalue weighted by Crippen LogP contribution is 2.31. The van der Waals surface area contributed by atoms with Crippen molar-refractivity contribution in [3.63, 3.8) is 0 Å². The summed E-state index contributed by atoms with van der Waals surface area (Å²) in [6, 6.07) is 4.33. The first-order chi connectivity index (χ1) is 8.54. The predicted molar refractivity (Wildman–Crippen MR) is 77.1 cm³/mol. The van der Waals surface area contributed by atoms with Crippen LogP contribution in [0.1, 0.15) is 36.5 Å². The largest absolute Gasteiger partial charge is 0.494 e. The van der Waals surface area contributed by atoms with Crippen LogP contribution in [0.4, 0.5) is 0 Å². The predicted octanol–water partition coefficient (Wildman–Crippen LogP) is 2.34. The Morgan fingerprint density at radius 1 is 1.11 bits per heavy atom. The molecule has 1 aromatic rings. The van der Waals surface area contributed by atoms with E-state index in [1.807, 2.05) is 6.92 Å². The third-order valence-electron chi connectivity index (χ3n) is 3.67. The Balaban J connectivity index is 3.06. The molecule has 0 fully saturated rings. The molecule has 0 bridgehead atoms. The molecule has 4 N–H and O–H groups in total. The normalized spacial score (nSPS) is 12.8. The fourth-order valence-corrected chi connectivity index (χ4v) is 2.37. The highest BCUT2D eigenvalue weighted by atomic mass is 16.5. The summed E-state index contributed by atoms with van der Waals surface area (Å²) < 4.78 is 5.62. The van der Waals surface area contributed by atoms with E-state index in [1.165, 1.54) is 16.7 Å². The maximum Gasteiger partial charge on any atom is 0.122 e. The molecule has 0 radical (unpaired) electrons. The molecule has 1 unspecified atom stereocenters. The lowest BCUT2D eigenvalue weighted by Crippen LogP contribution is -2.28. The van der Waals surface area contributed by atoms with Gasteiger partial charge in [-0.2, -0.15) is 0 Å². The molecule has 0 spiro atoms. The number of rotatable bonds is 6. The van der Waals surface area contributed by atoms with Crippen LogP contribution >= 0.6 is 0 Å². The summed E-state index contributed by atoms with van der Waals surface area (Å²) in [6.07, 6.45) is 0. The van der Waals surface area contributed by atoms with Gasteiger partial charge in [-0.1, -0.05) is 13.0 Å². The van der Waals surface area contributed by atoms with Crippen molar-refractivity contribution in [2.45, 2.75) is 33.6 Å². The minimum absolute atomic E-state index is 0.334. The Hall–Kier alpha value is -1.06. The van der Waals surface area contributed by atoms with E-state index < -0.39 is 0 Å². The van der Waals surface area contributed by atoms with Crippen LogP contribution in [0.15, 0.2) is 12.1 Å². The van der Waals surface area contributed by atoms with E-state index in [2.05, 4.69) is 32.9 Å². The summed E-state index contributed by atoms with van der Waals surface area (Å²) in [5.41, 5.74) is 15.3. The average molecular weight is 250 g/mol. The van der Waals surface area contributed by atoms with Gasteiger partial charge in [0.1, 0.15) is 5.75 Å². The lowest BCUT2D eigenvalue weighted by atomic mass is 9.84. The molecule has 0 aliphatic heterocycles. The molecule has 3 nitrogen and oxygen atoms in total. The summed E-state index contributed by atoms with van der Waals surface area (Å²) in [7, 11) is 0. The van der Waals surface area contributed by atoms with Gasteiger partial charge in [0.05, 0.1) is 6.61 Å². The van der Waals surface area contributed by atoms with E-state index in [9.17, 15) is 0 Å². The third kappa shape index (κ3) is 3.24. The summed E-state index contributed by atoms with van der Waals surface area (Å²) in [5.74, 6) is 1.69. The Morgan fingerprint density at radius 2 is 1.72 bits per heavy atom. The zero-order valence-electron chi connectivity index (χ0n) is 12.0. The number of hydrogen-bond donors (Lipinski definition) is 2. The fourth-order valence-electron chi connectivity index (χ4n) is 2.37. The Labute approximate surface area is 111 Å². The first-order valence-corrected chi connectivity index (χ1v) is 6.69. The molecule has 1 atom stereocenters. The van der Waals surface area contributed by atoms with Crippen LogP contribution in [-0.4, -0.2) is 19.7 Å². The minimum atomic E-state index is 0.334. The second kappa shape index (κ2) is 6.76. The van der Waals surface area contributed by atoms with Crippen LogP contribution in [0.3, 0.4) is 0 Å². The van der Waals surface area contributed by atoms with Crippen molar-refractivity contribution in [3.05, 3.63) is 28.8 Å². The van der Waals surface area contributed by atoms with Gasteiger partial charge in [-0.3, -0.25) is 0 Å². The summed E-state index contributed by atoms with van der Waals surface area (Å²) >= 11 is 0. The van der Waals surface area contributed by atoms with Gasteiger partial charge in [-0.25, -0.2) is 0 Å². The summed E-state index contributed by atoms with van der Waals surface area (Å²) in [4.78, 5) is 0. The highest BCUT2D eigenvalue weighted by Gasteiger charge is 2.19. The second-order valence-corrected chi connectivity index (χ2v) is 4.93. The SMILES string of the molecule is CCOc1cc(C)c(C(C)C(CN)CN)cc1C. The number of ether oxygens (including phenoxy) is 1. The van der Waals surface area contributed by atoms with Crippen molar-refractivity contribution in [3.8, 4) is 5.75 Å². The van der Waals surface area contributed by atoms with Gasteiger partial charge in [0.2, 0.25) is 0 Å². The van der Waals surface area contributed by atoms with Crippen LogP contribution in [-0.2, 0) is 0 Å². The number of benzene rings is 1. The molecule has 0 amide bonds. The molecule has 18 heavy (non-hydrogen) atoms. The summed E-state index contributed by atoms with van der Waals surface area (Å²) in [6.45, 7) is 10.4. The van der Waals surface area contributed by atoms with Crippen LogP contribution < -0.4 is 16.2 Å². The van der Waals surface area contributed by atoms with Crippen LogP contribution in [0.5, 0.6) is 5.75 Å². The first kappa shape index (κ1) is 15.0. The van der Waals surface area contributed by atoms with E-state index >= 15 is 0 Å². The maximum atomic E-state index is 5.78. The molecule has 102 valence electrons. The van der Waals surface area contributed by atoms with Gasteiger partial charge in [0.25, 0.3) is 0 Å². The van der Waals surface area contributed by atoms with Gasteiger partial charge in [0.15, 0.2) is 0 Å². The standard InChI is InChI=1S/C15H26N2O/c1-5-18-15-7-10(2)14(6-11(15)3)12(4)13(8-16)9-17/h6-7,12-13H,5,8-9,16-17H2,1-4H3. The van der Waals surface area contributed by atoms with Gasteiger partial charge in [-0.15, -0.1) is 0 Å². The zero-order valence-corrected chi connectivity index (χ0v) is 12.0. The smallest absolute Gasteiger partial charge is 0.122 e. The average Bonchev–Trinajstić information content (AvgIpc) is 2.35. The number of nitrogens with two attached hydrogens (primary N) is 2. The first-order valence-electron chi connectivity index (χ1n) is 6.69. The van der Waals surface area contributed by atoms with Crippen molar-refractivity contribution in [1.82, 2.24) is 0 Å². The van der Waals surface area contributed by atoms with Crippen molar-refractivity contribution in [1.29, 1.82) is 0 Å².